The number of ether oxygens (including phenoxy) is 1. The Hall–Kier alpha value is -1.22. The van der Waals surface area contributed by atoms with E-state index in [0.29, 0.717) is 12.6 Å². The summed E-state index contributed by atoms with van der Waals surface area (Å²) in [6.45, 7) is 9.19. The number of hydrogen-bond donors (Lipinski definition) is 2. The van der Waals surface area contributed by atoms with Crippen LogP contribution in [0.25, 0.3) is 0 Å². The maximum atomic E-state index is 8.65. The summed E-state index contributed by atoms with van der Waals surface area (Å²) in [5.41, 5.74) is 1.32. The molecule has 0 aliphatic rings. The number of aliphatic hydroxyl groups excluding tert-OH is 1. The van der Waals surface area contributed by atoms with Gasteiger partial charge < -0.3 is 15.2 Å². The highest BCUT2D eigenvalue weighted by Crippen LogP contribution is 2.23. The van der Waals surface area contributed by atoms with Crippen LogP contribution in [-0.2, 0) is 0 Å². The van der Waals surface area contributed by atoms with Gasteiger partial charge in [-0.15, -0.1) is 0 Å². The van der Waals surface area contributed by atoms with E-state index in [4.69, 9.17) is 9.84 Å². The van der Waals surface area contributed by atoms with Crippen molar-refractivity contribution in [2.75, 3.05) is 18.5 Å². The molecule has 0 heterocycles. The Morgan fingerprint density at radius 3 is 2.29 bits per heavy atom. The van der Waals surface area contributed by atoms with Crippen molar-refractivity contribution in [2.45, 2.75) is 33.7 Å². The standard InChI is InChI=1S/C14H23NO2/c1-11(14(2,3)4)15-12-5-7-13(8-6-12)17-10-9-16/h5-8,11,15-16H,9-10H2,1-4H3. The van der Waals surface area contributed by atoms with Gasteiger partial charge in [-0.3, -0.25) is 0 Å². The van der Waals surface area contributed by atoms with Crippen LogP contribution in [-0.4, -0.2) is 24.4 Å². The summed E-state index contributed by atoms with van der Waals surface area (Å²) in [5.74, 6) is 0.785. The van der Waals surface area contributed by atoms with Gasteiger partial charge in [0.15, 0.2) is 0 Å². The largest absolute Gasteiger partial charge is 0.491 e. The van der Waals surface area contributed by atoms with E-state index < -0.39 is 0 Å². The Bertz CT molecular complexity index is 327. The van der Waals surface area contributed by atoms with Crippen LogP contribution in [0.1, 0.15) is 27.7 Å². The topological polar surface area (TPSA) is 41.5 Å². The lowest BCUT2D eigenvalue weighted by atomic mass is 9.88. The Kier molecular flexibility index (Phi) is 4.82. The Morgan fingerprint density at radius 1 is 1.24 bits per heavy atom. The maximum absolute atomic E-state index is 8.65. The number of nitrogens with one attached hydrogen (secondary N) is 1. The molecule has 0 aromatic heterocycles. The summed E-state index contributed by atoms with van der Waals surface area (Å²) < 4.78 is 5.30. The second-order valence-corrected chi connectivity index (χ2v) is 5.33. The number of rotatable bonds is 5. The fraction of sp³-hybridized carbons (Fsp3) is 0.571. The van der Waals surface area contributed by atoms with E-state index in [9.17, 15) is 0 Å². The van der Waals surface area contributed by atoms with E-state index in [0.717, 1.165) is 11.4 Å². The summed E-state index contributed by atoms with van der Waals surface area (Å²) in [7, 11) is 0. The van der Waals surface area contributed by atoms with Crippen molar-refractivity contribution < 1.29 is 9.84 Å². The minimum Gasteiger partial charge on any atom is -0.491 e. The molecule has 0 saturated heterocycles. The molecule has 0 spiro atoms. The number of anilines is 1. The molecule has 0 aliphatic heterocycles. The van der Waals surface area contributed by atoms with E-state index in [-0.39, 0.29) is 12.0 Å². The van der Waals surface area contributed by atoms with Crippen LogP contribution in [0.15, 0.2) is 24.3 Å². The molecule has 3 nitrogen and oxygen atoms in total. The Labute approximate surface area is 104 Å². The third kappa shape index (κ3) is 4.65. The zero-order chi connectivity index (χ0) is 12.9. The third-order valence-electron chi connectivity index (χ3n) is 2.90. The predicted molar refractivity (Wildman–Crippen MR) is 71.6 cm³/mol. The zero-order valence-electron chi connectivity index (χ0n) is 11.2. The van der Waals surface area contributed by atoms with Crippen LogP contribution < -0.4 is 10.1 Å². The van der Waals surface area contributed by atoms with E-state index >= 15 is 0 Å². The molecule has 17 heavy (non-hydrogen) atoms. The third-order valence-corrected chi connectivity index (χ3v) is 2.90. The van der Waals surface area contributed by atoms with Gasteiger partial charge in [-0.2, -0.15) is 0 Å². The molecule has 0 saturated carbocycles. The molecule has 0 radical (unpaired) electrons. The average Bonchev–Trinajstić information content (AvgIpc) is 2.27. The second kappa shape index (κ2) is 5.92. The first-order valence-corrected chi connectivity index (χ1v) is 6.04. The van der Waals surface area contributed by atoms with Crippen molar-refractivity contribution in [3.8, 4) is 5.75 Å². The molecule has 1 aromatic rings. The smallest absolute Gasteiger partial charge is 0.119 e. The highest BCUT2D eigenvalue weighted by Gasteiger charge is 2.19. The van der Waals surface area contributed by atoms with Crippen molar-refractivity contribution >= 4 is 5.69 Å². The summed E-state index contributed by atoms with van der Waals surface area (Å²) in [5, 5.41) is 12.1. The van der Waals surface area contributed by atoms with Crippen LogP contribution in [0.3, 0.4) is 0 Å². The molecule has 0 fully saturated rings. The van der Waals surface area contributed by atoms with Crippen molar-refractivity contribution in [1.29, 1.82) is 0 Å². The molecule has 0 bridgehead atoms. The van der Waals surface area contributed by atoms with Crippen LogP contribution in [0.2, 0.25) is 0 Å². The quantitative estimate of drug-likeness (QED) is 0.827. The summed E-state index contributed by atoms with van der Waals surface area (Å²) >= 11 is 0. The summed E-state index contributed by atoms with van der Waals surface area (Å²) in [6, 6.07) is 8.21. The van der Waals surface area contributed by atoms with Gasteiger partial charge in [0.25, 0.3) is 0 Å². The molecule has 0 amide bonds. The molecule has 1 atom stereocenters. The first-order valence-electron chi connectivity index (χ1n) is 6.04. The molecule has 3 heteroatoms. The van der Waals surface area contributed by atoms with Crippen molar-refractivity contribution in [2.24, 2.45) is 5.41 Å². The van der Waals surface area contributed by atoms with E-state index in [1.807, 2.05) is 24.3 Å². The molecule has 2 N–H and O–H groups in total. The molecule has 1 rings (SSSR count). The fourth-order valence-electron chi connectivity index (χ4n) is 1.28. The highest BCUT2D eigenvalue weighted by atomic mass is 16.5. The van der Waals surface area contributed by atoms with Crippen LogP contribution in [0.4, 0.5) is 5.69 Å². The van der Waals surface area contributed by atoms with Crippen molar-refractivity contribution in [3.63, 3.8) is 0 Å². The normalized spacial score (nSPS) is 13.2. The summed E-state index contributed by atoms with van der Waals surface area (Å²) in [4.78, 5) is 0. The maximum Gasteiger partial charge on any atom is 0.119 e. The Balaban J connectivity index is 2.56. The minimum atomic E-state index is 0.0427. The molecule has 1 unspecified atom stereocenters. The van der Waals surface area contributed by atoms with E-state index in [1.165, 1.54) is 0 Å². The molecular formula is C14H23NO2. The zero-order valence-corrected chi connectivity index (χ0v) is 11.2. The monoisotopic (exact) mass is 237 g/mol. The SMILES string of the molecule is CC(Nc1ccc(OCCO)cc1)C(C)(C)C. The van der Waals surface area contributed by atoms with Crippen LogP contribution >= 0.6 is 0 Å². The lowest BCUT2D eigenvalue weighted by Crippen LogP contribution is -2.30. The van der Waals surface area contributed by atoms with Gasteiger partial charge in [0.05, 0.1) is 6.61 Å². The predicted octanol–water partition coefficient (Wildman–Crippen LogP) is 2.90. The van der Waals surface area contributed by atoms with Gasteiger partial charge >= 0.3 is 0 Å². The van der Waals surface area contributed by atoms with Crippen molar-refractivity contribution in [1.82, 2.24) is 0 Å². The molecule has 96 valence electrons. The lowest BCUT2D eigenvalue weighted by molar-refractivity contribution is 0.201. The fourth-order valence-corrected chi connectivity index (χ4v) is 1.28. The van der Waals surface area contributed by atoms with E-state index in [2.05, 4.69) is 33.0 Å². The van der Waals surface area contributed by atoms with Gasteiger partial charge in [0.1, 0.15) is 12.4 Å². The van der Waals surface area contributed by atoms with Gasteiger partial charge in [-0.1, -0.05) is 20.8 Å². The minimum absolute atomic E-state index is 0.0427. The molecule has 1 aromatic carbocycles. The van der Waals surface area contributed by atoms with E-state index in [1.54, 1.807) is 0 Å². The van der Waals surface area contributed by atoms with Crippen LogP contribution in [0.5, 0.6) is 5.75 Å². The van der Waals surface area contributed by atoms with Crippen molar-refractivity contribution in [3.05, 3.63) is 24.3 Å². The number of aliphatic hydroxyl groups is 1. The second-order valence-electron chi connectivity index (χ2n) is 5.33. The summed E-state index contributed by atoms with van der Waals surface area (Å²) in [6.07, 6.45) is 0. The first-order chi connectivity index (χ1) is 7.93. The highest BCUT2D eigenvalue weighted by molar-refractivity contribution is 5.47. The van der Waals surface area contributed by atoms with Gasteiger partial charge in [-0.25, -0.2) is 0 Å². The molecular weight excluding hydrogens is 214 g/mol. The Morgan fingerprint density at radius 2 is 1.82 bits per heavy atom. The average molecular weight is 237 g/mol. The molecule has 0 aliphatic carbocycles. The number of hydrogen-bond acceptors (Lipinski definition) is 3. The van der Waals surface area contributed by atoms with Gasteiger partial charge in [0.2, 0.25) is 0 Å². The lowest BCUT2D eigenvalue weighted by Gasteiger charge is -2.29. The van der Waals surface area contributed by atoms with Crippen LogP contribution in [0, 0.1) is 5.41 Å². The van der Waals surface area contributed by atoms with Gasteiger partial charge in [0, 0.05) is 11.7 Å². The van der Waals surface area contributed by atoms with Gasteiger partial charge in [-0.05, 0) is 36.6 Å². The number of benzene rings is 1. The first kappa shape index (κ1) is 13.8.